The van der Waals surface area contributed by atoms with E-state index in [-0.39, 0.29) is 29.9 Å². The van der Waals surface area contributed by atoms with Crippen molar-refractivity contribution in [2.75, 3.05) is 13.2 Å². The Bertz CT molecular complexity index is 612. The molecular formula is C16H21NO4. The molecule has 0 spiro atoms. The van der Waals surface area contributed by atoms with Gasteiger partial charge in [-0.1, -0.05) is 38.1 Å². The van der Waals surface area contributed by atoms with E-state index in [1.807, 2.05) is 32.0 Å². The molecule has 0 heterocycles. The Morgan fingerprint density at radius 2 is 1.90 bits per heavy atom. The van der Waals surface area contributed by atoms with E-state index in [0.717, 1.165) is 5.39 Å². The Labute approximate surface area is 123 Å². The molecule has 0 aliphatic carbocycles. The van der Waals surface area contributed by atoms with E-state index in [1.165, 1.54) is 6.07 Å². The molecule has 0 aliphatic rings. The van der Waals surface area contributed by atoms with Crippen molar-refractivity contribution in [1.82, 2.24) is 5.32 Å². The average molecular weight is 291 g/mol. The van der Waals surface area contributed by atoms with Crippen molar-refractivity contribution in [3.05, 3.63) is 30.3 Å². The van der Waals surface area contributed by atoms with E-state index in [1.54, 1.807) is 6.07 Å². The summed E-state index contributed by atoms with van der Waals surface area (Å²) in [6.45, 7) is 4.40. The second kappa shape index (κ2) is 6.65. The number of aliphatic hydroxyl groups is 1. The van der Waals surface area contributed by atoms with Gasteiger partial charge in [0.15, 0.2) is 11.5 Å². The first-order valence-electron chi connectivity index (χ1n) is 6.97. The minimum absolute atomic E-state index is 0.0285. The molecule has 2 rings (SSSR count). The summed E-state index contributed by atoms with van der Waals surface area (Å²) < 4.78 is 5.52. The quantitative estimate of drug-likeness (QED) is 0.612. The molecule has 21 heavy (non-hydrogen) atoms. The number of hydrogen-bond donors (Lipinski definition) is 4. The molecule has 114 valence electrons. The third-order valence-corrected chi connectivity index (χ3v) is 3.14. The van der Waals surface area contributed by atoms with Crippen molar-refractivity contribution in [3.8, 4) is 17.2 Å². The molecule has 0 bridgehead atoms. The van der Waals surface area contributed by atoms with E-state index in [4.69, 9.17) is 4.74 Å². The topological polar surface area (TPSA) is 82.0 Å². The second-order valence-corrected chi connectivity index (χ2v) is 5.32. The van der Waals surface area contributed by atoms with Gasteiger partial charge in [0.1, 0.15) is 12.7 Å². The number of benzene rings is 2. The molecule has 4 N–H and O–H groups in total. The molecule has 0 aromatic heterocycles. The van der Waals surface area contributed by atoms with Gasteiger partial charge < -0.3 is 25.4 Å². The third-order valence-electron chi connectivity index (χ3n) is 3.14. The van der Waals surface area contributed by atoms with Crippen LogP contribution in [0.25, 0.3) is 10.8 Å². The molecule has 0 saturated heterocycles. The molecule has 2 aromatic rings. The first-order chi connectivity index (χ1) is 9.99. The summed E-state index contributed by atoms with van der Waals surface area (Å²) in [6.07, 6.45) is -0.701. The maximum atomic E-state index is 9.95. The van der Waals surface area contributed by atoms with Gasteiger partial charge in [-0.2, -0.15) is 0 Å². The molecule has 1 unspecified atom stereocenters. The third kappa shape index (κ3) is 3.77. The lowest BCUT2D eigenvalue weighted by atomic mass is 10.1. The van der Waals surface area contributed by atoms with E-state index >= 15 is 0 Å². The molecule has 1 atom stereocenters. The predicted octanol–water partition coefficient (Wildman–Crippen LogP) is 1.99. The number of rotatable bonds is 6. The molecule has 0 saturated carbocycles. The monoisotopic (exact) mass is 291 g/mol. The fourth-order valence-electron chi connectivity index (χ4n) is 2.05. The lowest BCUT2D eigenvalue weighted by Gasteiger charge is -2.17. The van der Waals surface area contributed by atoms with Crippen LogP contribution in [0, 0.1) is 0 Å². The Hall–Kier alpha value is -1.98. The average Bonchev–Trinajstić information content (AvgIpc) is 2.45. The number of hydrogen-bond acceptors (Lipinski definition) is 5. The number of nitrogens with one attached hydrogen (secondary N) is 1. The van der Waals surface area contributed by atoms with Crippen molar-refractivity contribution in [2.45, 2.75) is 26.0 Å². The largest absolute Gasteiger partial charge is 0.504 e. The molecular weight excluding hydrogens is 270 g/mol. The summed E-state index contributed by atoms with van der Waals surface area (Å²) in [6, 6.07) is 9.02. The molecule has 5 heteroatoms. The fourth-order valence-corrected chi connectivity index (χ4v) is 2.05. The van der Waals surface area contributed by atoms with Crippen LogP contribution in [0.2, 0.25) is 0 Å². The zero-order valence-electron chi connectivity index (χ0n) is 12.2. The van der Waals surface area contributed by atoms with Gasteiger partial charge in [-0.25, -0.2) is 0 Å². The smallest absolute Gasteiger partial charge is 0.201 e. The summed E-state index contributed by atoms with van der Waals surface area (Å²) in [5.41, 5.74) is 0. The standard InChI is InChI=1S/C16H21NO4/c1-10(2)17-8-12(18)9-21-16-13-6-4-3-5-11(13)7-14(19)15(16)20/h3-7,10,12,17-20H,8-9H2,1-2H3. The Morgan fingerprint density at radius 1 is 1.19 bits per heavy atom. The van der Waals surface area contributed by atoms with Gasteiger partial charge in [-0.3, -0.25) is 0 Å². The number of phenolic OH excluding ortho intramolecular Hbond substituents is 2. The van der Waals surface area contributed by atoms with Gasteiger partial charge in [-0.05, 0) is 11.5 Å². The first kappa shape index (κ1) is 15.4. The van der Waals surface area contributed by atoms with Gasteiger partial charge in [0.05, 0.1) is 0 Å². The number of phenols is 2. The zero-order chi connectivity index (χ0) is 15.4. The van der Waals surface area contributed by atoms with Gasteiger partial charge in [0, 0.05) is 18.0 Å². The van der Waals surface area contributed by atoms with Crippen LogP contribution in [0.4, 0.5) is 0 Å². The van der Waals surface area contributed by atoms with Crippen molar-refractivity contribution in [3.63, 3.8) is 0 Å². The SMILES string of the molecule is CC(C)NCC(O)COc1c(O)c(O)cc2ccccc12. The molecule has 0 radical (unpaired) electrons. The lowest BCUT2D eigenvalue weighted by molar-refractivity contribution is 0.103. The zero-order valence-corrected chi connectivity index (χ0v) is 12.2. The summed E-state index contributed by atoms with van der Waals surface area (Å²) >= 11 is 0. The van der Waals surface area contributed by atoms with E-state index in [9.17, 15) is 15.3 Å². The summed E-state index contributed by atoms with van der Waals surface area (Å²) in [5.74, 6) is -0.356. The van der Waals surface area contributed by atoms with E-state index < -0.39 is 6.10 Å². The first-order valence-corrected chi connectivity index (χ1v) is 6.97. The number of fused-ring (bicyclic) bond motifs is 1. The number of ether oxygens (including phenoxy) is 1. The van der Waals surface area contributed by atoms with Crippen LogP contribution in [0.3, 0.4) is 0 Å². The number of aliphatic hydroxyl groups excluding tert-OH is 1. The Morgan fingerprint density at radius 3 is 2.62 bits per heavy atom. The van der Waals surface area contributed by atoms with Gasteiger partial charge >= 0.3 is 0 Å². The molecule has 5 nitrogen and oxygen atoms in total. The number of aromatic hydroxyl groups is 2. The summed E-state index contributed by atoms with van der Waals surface area (Å²) in [5, 5.41) is 34.1. The van der Waals surface area contributed by atoms with Crippen LogP contribution >= 0.6 is 0 Å². The fraction of sp³-hybridized carbons (Fsp3) is 0.375. The van der Waals surface area contributed by atoms with Crippen molar-refractivity contribution in [2.24, 2.45) is 0 Å². The maximum Gasteiger partial charge on any atom is 0.201 e. The van der Waals surface area contributed by atoms with Crippen molar-refractivity contribution < 1.29 is 20.1 Å². The van der Waals surface area contributed by atoms with Gasteiger partial charge in [-0.15, -0.1) is 0 Å². The van der Waals surface area contributed by atoms with Crippen LogP contribution < -0.4 is 10.1 Å². The minimum atomic E-state index is -0.701. The predicted molar refractivity (Wildman–Crippen MR) is 81.9 cm³/mol. The second-order valence-electron chi connectivity index (χ2n) is 5.32. The molecule has 0 aliphatic heterocycles. The highest BCUT2D eigenvalue weighted by molar-refractivity contribution is 5.92. The highest BCUT2D eigenvalue weighted by atomic mass is 16.5. The van der Waals surface area contributed by atoms with Crippen LogP contribution in [0.5, 0.6) is 17.2 Å². The van der Waals surface area contributed by atoms with Gasteiger partial charge in [0.25, 0.3) is 0 Å². The minimum Gasteiger partial charge on any atom is -0.504 e. The van der Waals surface area contributed by atoms with Crippen molar-refractivity contribution in [1.29, 1.82) is 0 Å². The normalized spacial score (nSPS) is 12.8. The molecule has 0 fully saturated rings. The summed E-state index contributed by atoms with van der Waals surface area (Å²) in [4.78, 5) is 0. The van der Waals surface area contributed by atoms with E-state index in [2.05, 4.69) is 5.32 Å². The van der Waals surface area contributed by atoms with Crippen LogP contribution in [0.1, 0.15) is 13.8 Å². The summed E-state index contributed by atoms with van der Waals surface area (Å²) in [7, 11) is 0. The van der Waals surface area contributed by atoms with Crippen LogP contribution in [-0.2, 0) is 0 Å². The van der Waals surface area contributed by atoms with E-state index in [0.29, 0.717) is 11.9 Å². The highest BCUT2D eigenvalue weighted by Gasteiger charge is 2.15. The highest BCUT2D eigenvalue weighted by Crippen LogP contribution is 2.41. The van der Waals surface area contributed by atoms with Crippen molar-refractivity contribution >= 4 is 10.8 Å². The lowest BCUT2D eigenvalue weighted by Crippen LogP contribution is -2.35. The molecule has 2 aromatic carbocycles. The van der Waals surface area contributed by atoms with Gasteiger partial charge in [0.2, 0.25) is 5.75 Å². The maximum absolute atomic E-state index is 9.95. The Kier molecular flexibility index (Phi) is 4.88. The Balaban J connectivity index is 2.16. The van der Waals surface area contributed by atoms with Crippen LogP contribution in [0.15, 0.2) is 30.3 Å². The van der Waals surface area contributed by atoms with Crippen LogP contribution in [-0.4, -0.2) is 40.6 Å². The molecule has 0 amide bonds.